The topological polar surface area (TPSA) is 53.9 Å². The van der Waals surface area contributed by atoms with Gasteiger partial charge in [0.05, 0.1) is 17.7 Å². The minimum atomic E-state index is 0.720. The van der Waals surface area contributed by atoms with Crippen LogP contribution in [0.15, 0.2) is 23.3 Å². The minimum absolute atomic E-state index is 0.720. The van der Waals surface area contributed by atoms with Gasteiger partial charge in [-0.25, -0.2) is 15.0 Å². The van der Waals surface area contributed by atoms with E-state index < -0.39 is 0 Å². The molecule has 2 aromatic rings. The van der Waals surface area contributed by atoms with Crippen molar-refractivity contribution >= 4 is 17.3 Å². The zero-order valence-corrected chi connectivity index (χ0v) is 10.7. The average Bonchev–Trinajstić information content (AvgIpc) is 2.83. The fourth-order valence-corrected chi connectivity index (χ4v) is 2.02. The van der Waals surface area contributed by atoms with Crippen LogP contribution >= 0.6 is 11.3 Å². The molecule has 0 aromatic carbocycles. The molecule has 2 heterocycles. The zero-order chi connectivity index (χ0) is 12.1. The molecule has 0 fully saturated rings. The normalized spacial score (nSPS) is 10.5. The third-order valence-electron chi connectivity index (χ3n) is 2.30. The van der Waals surface area contributed by atoms with Crippen molar-refractivity contribution in [3.63, 3.8) is 0 Å². The second kappa shape index (κ2) is 5.70. The Balaban J connectivity index is 2.01. The Morgan fingerprint density at radius 3 is 2.65 bits per heavy atom. The highest BCUT2D eigenvalue weighted by Crippen LogP contribution is 2.10. The first-order valence-corrected chi connectivity index (χ1v) is 6.27. The largest absolute Gasteiger partial charge is 0.338 e. The summed E-state index contributed by atoms with van der Waals surface area (Å²) in [6, 6.07) is 0. The molecule has 5 nitrogen and oxygen atoms in total. The molecule has 1 N–H and O–H groups in total. The molecule has 6 heteroatoms. The highest BCUT2D eigenvalue weighted by Gasteiger charge is 2.06. The summed E-state index contributed by atoms with van der Waals surface area (Å²) in [5.41, 5.74) is 3.96. The molecule has 2 aromatic heterocycles. The Hall–Kier alpha value is -1.53. The number of thiazole rings is 1. The molecule has 17 heavy (non-hydrogen) atoms. The summed E-state index contributed by atoms with van der Waals surface area (Å²) in [5, 5.41) is 5.10. The van der Waals surface area contributed by atoms with E-state index in [2.05, 4.69) is 20.3 Å². The molecule has 0 bridgehead atoms. The van der Waals surface area contributed by atoms with Gasteiger partial charge in [0.25, 0.3) is 0 Å². The van der Waals surface area contributed by atoms with Crippen molar-refractivity contribution in [3.05, 3.63) is 34.5 Å². The van der Waals surface area contributed by atoms with Crippen LogP contribution in [0.5, 0.6) is 0 Å². The predicted molar refractivity (Wildman–Crippen MR) is 69.0 cm³/mol. The lowest BCUT2D eigenvalue weighted by molar-refractivity contribution is 0.794. The molecule has 0 atom stereocenters. The first-order chi connectivity index (χ1) is 8.29. The highest BCUT2D eigenvalue weighted by molar-refractivity contribution is 7.07. The van der Waals surface area contributed by atoms with Gasteiger partial charge in [0, 0.05) is 36.9 Å². The molecule has 2 rings (SSSR count). The van der Waals surface area contributed by atoms with Crippen molar-refractivity contribution in [2.75, 3.05) is 19.0 Å². The first kappa shape index (κ1) is 11.9. The van der Waals surface area contributed by atoms with Gasteiger partial charge in [-0.2, -0.15) is 0 Å². The Labute approximate surface area is 105 Å². The maximum atomic E-state index is 4.33. The van der Waals surface area contributed by atoms with Crippen LogP contribution in [0.3, 0.4) is 0 Å². The van der Waals surface area contributed by atoms with Gasteiger partial charge in [-0.15, -0.1) is 11.3 Å². The van der Waals surface area contributed by atoms with Crippen LogP contribution in [0.4, 0.5) is 5.95 Å². The van der Waals surface area contributed by atoms with Gasteiger partial charge in [-0.1, -0.05) is 0 Å². The highest BCUT2D eigenvalue weighted by atomic mass is 32.1. The second-order valence-corrected chi connectivity index (χ2v) is 4.48. The van der Waals surface area contributed by atoms with E-state index in [9.17, 15) is 0 Å². The first-order valence-electron chi connectivity index (χ1n) is 5.33. The van der Waals surface area contributed by atoms with Crippen molar-refractivity contribution in [1.29, 1.82) is 0 Å². The smallest absolute Gasteiger partial charge is 0.225 e. The van der Waals surface area contributed by atoms with Crippen molar-refractivity contribution < 1.29 is 0 Å². The Morgan fingerprint density at radius 2 is 2.06 bits per heavy atom. The lowest BCUT2D eigenvalue weighted by Gasteiger charge is -2.15. The number of aromatic nitrogens is 3. The molecular weight excluding hydrogens is 234 g/mol. The summed E-state index contributed by atoms with van der Waals surface area (Å²) in [6.45, 7) is 1.52. The average molecular weight is 249 g/mol. The van der Waals surface area contributed by atoms with Crippen molar-refractivity contribution in [1.82, 2.24) is 20.3 Å². The van der Waals surface area contributed by atoms with Gasteiger partial charge in [0.15, 0.2) is 0 Å². The van der Waals surface area contributed by atoms with Crippen LogP contribution in [0.1, 0.15) is 11.3 Å². The van der Waals surface area contributed by atoms with Gasteiger partial charge in [0.1, 0.15) is 0 Å². The van der Waals surface area contributed by atoms with Crippen LogP contribution in [-0.4, -0.2) is 29.0 Å². The molecule has 0 aliphatic carbocycles. The van der Waals surface area contributed by atoms with Crippen LogP contribution in [-0.2, 0) is 13.1 Å². The number of nitrogens with zero attached hydrogens (tertiary/aromatic N) is 4. The van der Waals surface area contributed by atoms with E-state index in [1.165, 1.54) is 0 Å². The molecule has 0 saturated heterocycles. The lowest BCUT2D eigenvalue weighted by Crippen LogP contribution is -2.19. The van der Waals surface area contributed by atoms with Gasteiger partial charge in [-0.3, -0.25) is 0 Å². The van der Waals surface area contributed by atoms with Crippen LogP contribution in [0.2, 0.25) is 0 Å². The van der Waals surface area contributed by atoms with Crippen molar-refractivity contribution in [3.8, 4) is 0 Å². The van der Waals surface area contributed by atoms with Gasteiger partial charge in [0.2, 0.25) is 5.95 Å². The van der Waals surface area contributed by atoms with E-state index in [1.54, 1.807) is 11.3 Å². The maximum absolute atomic E-state index is 4.33. The number of hydrogen-bond acceptors (Lipinski definition) is 6. The van der Waals surface area contributed by atoms with E-state index in [1.807, 2.05) is 42.3 Å². The minimum Gasteiger partial charge on any atom is -0.338 e. The fraction of sp³-hybridized carbons (Fsp3) is 0.364. The summed E-state index contributed by atoms with van der Waals surface area (Å²) < 4.78 is 0. The Morgan fingerprint density at radius 1 is 1.29 bits per heavy atom. The standard InChI is InChI=1S/C11H15N5S/c1-12-3-9-4-13-11(14-5-9)16(2)6-10-7-17-8-15-10/h4-5,7-8,12H,3,6H2,1-2H3. The predicted octanol–water partition coefficient (Wildman–Crippen LogP) is 1.29. The maximum Gasteiger partial charge on any atom is 0.225 e. The fourth-order valence-electron chi connectivity index (χ4n) is 1.47. The number of nitrogens with one attached hydrogen (secondary N) is 1. The van der Waals surface area contributed by atoms with Crippen LogP contribution in [0, 0.1) is 0 Å². The Bertz CT molecular complexity index is 439. The van der Waals surface area contributed by atoms with Crippen LogP contribution in [0.25, 0.3) is 0 Å². The van der Waals surface area contributed by atoms with E-state index in [0.29, 0.717) is 0 Å². The van der Waals surface area contributed by atoms with Gasteiger partial charge < -0.3 is 10.2 Å². The number of hydrogen-bond donors (Lipinski definition) is 1. The molecule has 90 valence electrons. The molecular formula is C11H15N5S. The summed E-state index contributed by atoms with van der Waals surface area (Å²) in [4.78, 5) is 14.9. The summed E-state index contributed by atoms with van der Waals surface area (Å²) in [5.74, 6) is 0.720. The molecule has 0 unspecified atom stereocenters. The van der Waals surface area contributed by atoms with Crippen molar-refractivity contribution in [2.24, 2.45) is 0 Å². The van der Waals surface area contributed by atoms with E-state index >= 15 is 0 Å². The summed E-state index contributed by atoms with van der Waals surface area (Å²) in [6.07, 6.45) is 3.69. The van der Waals surface area contributed by atoms with Gasteiger partial charge >= 0.3 is 0 Å². The third-order valence-corrected chi connectivity index (χ3v) is 2.93. The molecule has 0 aliphatic rings. The second-order valence-electron chi connectivity index (χ2n) is 3.76. The van der Waals surface area contributed by atoms with Gasteiger partial charge in [-0.05, 0) is 7.05 Å². The van der Waals surface area contributed by atoms with Crippen LogP contribution < -0.4 is 10.2 Å². The SMILES string of the molecule is CNCc1cnc(N(C)Cc2cscn2)nc1. The molecule has 0 spiro atoms. The quantitative estimate of drug-likeness (QED) is 0.865. The van der Waals surface area contributed by atoms with E-state index in [0.717, 1.165) is 30.3 Å². The monoisotopic (exact) mass is 249 g/mol. The molecule has 0 radical (unpaired) electrons. The summed E-state index contributed by atoms with van der Waals surface area (Å²) in [7, 11) is 3.87. The molecule has 0 aliphatic heterocycles. The van der Waals surface area contributed by atoms with Crippen molar-refractivity contribution in [2.45, 2.75) is 13.1 Å². The van der Waals surface area contributed by atoms with E-state index in [4.69, 9.17) is 0 Å². The molecule has 0 saturated carbocycles. The number of anilines is 1. The lowest BCUT2D eigenvalue weighted by atomic mass is 10.3. The third kappa shape index (κ3) is 3.21. The zero-order valence-electron chi connectivity index (χ0n) is 9.92. The molecule has 0 amide bonds. The summed E-state index contributed by atoms with van der Waals surface area (Å²) >= 11 is 1.60. The number of rotatable bonds is 5. The van der Waals surface area contributed by atoms with E-state index in [-0.39, 0.29) is 0 Å². The Kier molecular flexibility index (Phi) is 4.00.